The molecule has 3 N–H and O–H groups in total. The number of amides is 2. The number of rotatable bonds is 7. The molecule has 0 aliphatic heterocycles. The van der Waals surface area contributed by atoms with Crippen LogP contribution in [0.2, 0.25) is 0 Å². The minimum atomic E-state index is -0.777. The highest BCUT2D eigenvalue weighted by molar-refractivity contribution is 7.12. The zero-order valence-corrected chi connectivity index (χ0v) is 17.7. The van der Waals surface area contributed by atoms with Crippen LogP contribution in [0.4, 0.5) is 5.69 Å². The van der Waals surface area contributed by atoms with E-state index in [1.54, 1.807) is 36.4 Å². The average Bonchev–Trinajstić information content (AvgIpc) is 3.44. The molecule has 0 saturated carbocycles. The topological polar surface area (TPSA) is 91.1 Å². The van der Waals surface area contributed by atoms with Crippen molar-refractivity contribution in [3.63, 3.8) is 0 Å². The summed E-state index contributed by atoms with van der Waals surface area (Å²) in [4.78, 5) is 41.0. The molecule has 2 aromatic heterocycles. The van der Waals surface area contributed by atoms with Crippen LogP contribution in [0.25, 0.3) is 10.9 Å². The highest BCUT2D eigenvalue weighted by Gasteiger charge is 2.24. The molecule has 1 unspecified atom stereocenters. The largest absolute Gasteiger partial charge is 0.361 e. The fourth-order valence-corrected chi connectivity index (χ4v) is 4.01. The van der Waals surface area contributed by atoms with Gasteiger partial charge in [-0.05, 0) is 54.3 Å². The first-order chi connectivity index (χ1) is 15.0. The third-order valence-corrected chi connectivity index (χ3v) is 5.89. The van der Waals surface area contributed by atoms with Crippen molar-refractivity contribution in [2.75, 3.05) is 5.32 Å². The summed E-state index contributed by atoms with van der Waals surface area (Å²) in [6.07, 6.45) is 2.20. The van der Waals surface area contributed by atoms with Crippen molar-refractivity contribution in [1.82, 2.24) is 10.3 Å². The number of aromatic amines is 1. The Morgan fingerprint density at radius 1 is 1.00 bits per heavy atom. The summed E-state index contributed by atoms with van der Waals surface area (Å²) < 4.78 is 0. The Morgan fingerprint density at radius 2 is 1.77 bits per heavy atom. The Morgan fingerprint density at radius 3 is 2.48 bits per heavy atom. The molecule has 0 bridgehead atoms. The highest BCUT2D eigenvalue weighted by Crippen LogP contribution is 2.20. The lowest BCUT2D eigenvalue weighted by atomic mass is 10.0. The number of nitrogens with one attached hydrogen (secondary N) is 3. The molecule has 0 saturated heterocycles. The first-order valence-corrected chi connectivity index (χ1v) is 10.7. The van der Waals surface area contributed by atoms with Gasteiger partial charge in [0, 0.05) is 34.8 Å². The van der Waals surface area contributed by atoms with Gasteiger partial charge in [-0.25, -0.2) is 0 Å². The normalized spacial score (nSPS) is 11.8. The summed E-state index contributed by atoms with van der Waals surface area (Å²) in [5.41, 5.74) is 3.04. The van der Waals surface area contributed by atoms with E-state index < -0.39 is 6.04 Å². The molecular formula is C24H21N3O3S. The monoisotopic (exact) mass is 431 g/mol. The Balaban J connectivity index is 1.57. The number of thiophene rings is 1. The molecule has 2 aromatic carbocycles. The number of aromatic nitrogens is 1. The SMILES string of the molecule is CC(=O)c1ccc(NC(=O)C(Cc2c[nH]c3ccccc23)NC(=O)c2cccs2)cc1. The quantitative estimate of drug-likeness (QED) is 0.379. The van der Waals surface area contributed by atoms with Gasteiger partial charge in [0.05, 0.1) is 4.88 Å². The molecule has 0 aliphatic rings. The number of fused-ring (bicyclic) bond motifs is 1. The summed E-state index contributed by atoms with van der Waals surface area (Å²) in [6.45, 7) is 1.49. The molecule has 6 nitrogen and oxygen atoms in total. The molecule has 0 spiro atoms. The maximum Gasteiger partial charge on any atom is 0.262 e. The molecule has 4 aromatic rings. The number of ketones is 1. The van der Waals surface area contributed by atoms with Gasteiger partial charge in [0.25, 0.3) is 5.91 Å². The van der Waals surface area contributed by atoms with E-state index in [-0.39, 0.29) is 17.6 Å². The van der Waals surface area contributed by atoms with Crippen molar-refractivity contribution in [3.8, 4) is 0 Å². The second-order valence-corrected chi connectivity index (χ2v) is 8.14. The highest BCUT2D eigenvalue weighted by atomic mass is 32.1. The third kappa shape index (κ3) is 4.73. The summed E-state index contributed by atoms with van der Waals surface area (Å²) >= 11 is 1.32. The van der Waals surface area contributed by atoms with E-state index in [1.807, 2.05) is 35.8 Å². The second kappa shape index (κ2) is 8.97. The molecule has 31 heavy (non-hydrogen) atoms. The number of para-hydroxylation sites is 1. The predicted molar refractivity (Wildman–Crippen MR) is 123 cm³/mol. The lowest BCUT2D eigenvalue weighted by molar-refractivity contribution is -0.118. The van der Waals surface area contributed by atoms with E-state index >= 15 is 0 Å². The first kappa shape index (κ1) is 20.6. The van der Waals surface area contributed by atoms with Gasteiger partial charge in [-0.2, -0.15) is 0 Å². The number of hydrogen-bond acceptors (Lipinski definition) is 4. The number of benzene rings is 2. The van der Waals surface area contributed by atoms with E-state index in [0.717, 1.165) is 16.5 Å². The number of carbonyl (C=O) groups excluding carboxylic acids is 3. The second-order valence-electron chi connectivity index (χ2n) is 7.19. The van der Waals surface area contributed by atoms with Crippen LogP contribution in [-0.2, 0) is 11.2 Å². The van der Waals surface area contributed by atoms with Gasteiger partial charge >= 0.3 is 0 Å². The number of Topliss-reactive ketones (excluding diaryl/α,β-unsaturated/α-hetero) is 1. The predicted octanol–water partition coefficient (Wildman–Crippen LogP) is 4.41. The molecular weight excluding hydrogens is 410 g/mol. The molecule has 2 heterocycles. The summed E-state index contributed by atoms with van der Waals surface area (Å²) in [6, 6.07) is 17.3. The number of carbonyl (C=O) groups is 3. The zero-order valence-electron chi connectivity index (χ0n) is 16.8. The Kier molecular flexibility index (Phi) is 5.95. The first-order valence-electron chi connectivity index (χ1n) is 9.82. The minimum Gasteiger partial charge on any atom is -0.361 e. The maximum absolute atomic E-state index is 13.1. The minimum absolute atomic E-state index is 0.0432. The number of H-pyrrole nitrogens is 1. The van der Waals surface area contributed by atoms with Crippen LogP contribution in [0.15, 0.2) is 72.2 Å². The van der Waals surface area contributed by atoms with Crippen molar-refractivity contribution in [2.45, 2.75) is 19.4 Å². The molecule has 156 valence electrons. The smallest absolute Gasteiger partial charge is 0.262 e. The zero-order chi connectivity index (χ0) is 21.8. The Bertz CT molecular complexity index is 1230. The Labute approximate surface area is 183 Å². The standard InChI is InChI=1S/C24H21N3O3S/c1-15(28)16-8-10-18(11-9-16)26-23(29)21(27-24(30)22-7-4-12-31-22)13-17-14-25-20-6-3-2-5-19(17)20/h2-12,14,21,25H,13H2,1H3,(H,26,29)(H,27,30). The fourth-order valence-electron chi connectivity index (χ4n) is 3.38. The fraction of sp³-hybridized carbons (Fsp3) is 0.125. The van der Waals surface area contributed by atoms with E-state index in [9.17, 15) is 14.4 Å². The van der Waals surface area contributed by atoms with Crippen LogP contribution in [0, 0.1) is 0 Å². The van der Waals surface area contributed by atoms with Crippen LogP contribution >= 0.6 is 11.3 Å². The van der Waals surface area contributed by atoms with E-state index in [4.69, 9.17) is 0 Å². The van der Waals surface area contributed by atoms with E-state index in [0.29, 0.717) is 22.5 Å². The number of hydrogen-bond donors (Lipinski definition) is 3. The summed E-state index contributed by atoms with van der Waals surface area (Å²) in [7, 11) is 0. The molecule has 0 fully saturated rings. The van der Waals surface area contributed by atoms with Crippen LogP contribution in [0.3, 0.4) is 0 Å². The maximum atomic E-state index is 13.1. The van der Waals surface area contributed by atoms with Gasteiger partial charge in [-0.15, -0.1) is 11.3 Å². The summed E-state index contributed by atoms with van der Waals surface area (Å²) in [5.74, 6) is -0.661. The van der Waals surface area contributed by atoms with Crippen molar-refractivity contribution in [3.05, 3.63) is 88.2 Å². The van der Waals surface area contributed by atoms with Gasteiger partial charge in [0.2, 0.25) is 5.91 Å². The molecule has 7 heteroatoms. The molecule has 0 radical (unpaired) electrons. The average molecular weight is 432 g/mol. The van der Waals surface area contributed by atoms with Crippen LogP contribution in [-0.4, -0.2) is 28.6 Å². The molecule has 2 amide bonds. The van der Waals surface area contributed by atoms with E-state index in [2.05, 4.69) is 15.6 Å². The van der Waals surface area contributed by atoms with E-state index in [1.165, 1.54) is 18.3 Å². The van der Waals surface area contributed by atoms with Gasteiger partial charge < -0.3 is 15.6 Å². The molecule has 1 atom stereocenters. The molecule has 4 rings (SSSR count). The third-order valence-electron chi connectivity index (χ3n) is 5.02. The van der Waals surface area contributed by atoms with Crippen LogP contribution in [0.1, 0.15) is 32.5 Å². The van der Waals surface area contributed by atoms with Gasteiger partial charge in [-0.1, -0.05) is 24.3 Å². The van der Waals surface area contributed by atoms with Gasteiger partial charge in [-0.3, -0.25) is 14.4 Å². The lowest BCUT2D eigenvalue weighted by Crippen LogP contribution is -2.45. The van der Waals surface area contributed by atoms with Gasteiger partial charge in [0.15, 0.2) is 5.78 Å². The van der Waals surface area contributed by atoms with Crippen LogP contribution < -0.4 is 10.6 Å². The van der Waals surface area contributed by atoms with Crippen molar-refractivity contribution in [1.29, 1.82) is 0 Å². The lowest BCUT2D eigenvalue weighted by Gasteiger charge is -2.18. The van der Waals surface area contributed by atoms with Gasteiger partial charge in [0.1, 0.15) is 6.04 Å². The van der Waals surface area contributed by atoms with Crippen molar-refractivity contribution < 1.29 is 14.4 Å². The molecule has 0 aliphatic carbocycles. The summed E-state index contributed by atoms with van der Waals surface area (Å²) in [5, 5.41) is 8.54. The Hall–Kier alpha value is -3.71. The van der Waals surface area contributed by atoms with Crippen molar-refractivity contribution in [2.24, 2.45) is 0 Å². The van der Waals surface area contributed by atoms with Crippen LogP contribution in [0.5, 0.6) is 0 Å². The van der Waals surface area contributed by atoms with Crippen molar-refractivity contribution >= 4 is 45.5 Å². The number of anilines is 1.